The van der Waals surface area contributed by atoms with Crippen molar-refractivity contribution in [3.8, 4) is 11.1 Å². The average molecular weight is 475 g/mol. The fourth-order valence-electron chi connectivity index (χ4n) is 3.76. The number of alkyl halides is 3. The number of amides is 1. The number of pyridine rings is 1. The van der Waals surface area contributed by atoms with Crippen molar-refractivity contribution >= 4 is 29.6 Å². The summed E-state index contributed by atoms with van der Waals surface area (Å²) in [6.07, 6.45) is -1.55. The number of rotatable bonds is 6. The molecule has 180 valence electrons. The Morgan fingerprint density at radius 3 is 2.68 bits per heavy atom. The minimum Gasteiger partial charge on any atom is -0.404 e. The molecule has 0 aliphatic carbocycles. The molecular weight excluding hydrogens is 451 g/mol. The highest BCUT2D eigenvalue weighted by Gasteiger charge is 2.36. The molecule has 34 heavy (non-hydrogen) atoms. The largest absolute Gasteiger partial charge is 0.417 e. The molecule has 1 atom stereocenters. The number of primary amides is 1. The third-order valence-electron chi connectivity index (χ3n) is 5.27. The van der Waals surface area contributed by atoms with Gasteiger partial charge in [-0.2, -0.15) is 13.2 Å². The molecule has 0 radical (unpaired) electrons. The number of nitrogens with zero attached hydrogens (tertiary/aromatic N) is 2. The van der Waals surface area contributed by atoms with Gasteiger partial charge in [0.05, 0.1) is 30.4 Å². The summed E-state index contributed by atoms with van der Waals surface area (Å²) in [6, 6.07) is 4.69. The molecule has 0 spiro atoms. The summed E-state index contributed by atoms with van der Waals surface area (Å²) >= 11 is 0. The number of ether oxygens (including phenoxy) is 1. The minimum atomic E-state index is -4.82. The maximum Gasteiger partial charge on any atom is 0.417 e. The number of morpholine rings is 1. The van der Waals surface area contributed by atoms with E-state index >= 15 is 0 Å². The average Bonchev–Trinajstić information content (AvgIpc) is 2.78. The molecule has 1 fully saturated rings. The van der Waals surface area contributed by atoms with Gasteiger partial charge in [-0.25, -0.2) is 4.98 Å². The zero-order valence-electron chi connectivity index (χ0n) is 18.2. The summed E-state index contributed by atoms with van der Waals surface area (Å²) in [6.45, 7) is 3.19. The van der Waals surface area contributed by atoms with Gasteiger partial charge in [0, 0.05) is 18.3 Å². The maximum absolute atomic E-state index is 13.7. The predicted octanol–water partition coefficient (Wildman–Crippen LogP) is 2.95. The molecule has 0 unspecified atom stereocenters. The number of benzene rings is 1. The number of nitrogens with two attached hydrogens (primary N) is 2. The van der Waals surface area contributed by atoms with E-state index in [0.717, 1.165) is 18.5 Å². The Balaban J connectivity index is 2.34. The SMILES string of the molecule is C[C@@H]1COCCN1c1cc(-c2cccc(C(F)(F)F)c2C(N)=O)c(C=N)c(NC(=N)/C=C\N)n1. The van der Waals surface area contributed by atoms with Crippen LogP contribution in [0, 0.1) is 10.8 Å². The third kappa shape index (κ3) is 5.01. The second-order valence-electron chi connectivity index (χ2n) is 7.54. The second kappa shape index (κ2) is 9.91. The lowest BCUT2D eigenvalue weighted by atomic mass is 9.92. The molecule has 1 aliphatic heterocycles. The summed E-state index contributed by atoms with van der Waals surface area (Å²) in [5.74, 6) is -1.01. The summed E-state index contributed by atoms with van der Waals surface area (Å²) in [5.41, 5.74) is 8.94. The van der Waals surface area contributed by atoms with Crippen molar-refractivity contribution in [2.45, 2.75) is 19.1 Å². The first kappa shape index (κ1) is 24.7. The Kier molecular flexibility index (Phi) is 7.20. The monoisotopic (exact) mass is 475 g/mol. The van der Waals surface area contributed by atoms with E-state index in [0.29, 0.717) is 25.6 Å². The normalized spacial score (nSPS) is 16.5. The van der Waals surface area contributed by atoms with Crippen molar-refractivity contribution in [1.82, 2.24) is 4.98 Å². The molecule has 1 aliphatic rings. The van der Waals surface area contributed by atoms with Gasteiger partial charge >= 0.3 is 6.18 Å². The Morgan fingerprint density at radius 1 is 1.35 bits per heavy atom. The quantitative estimate of drug-likeness (QED) is 0.320. The molecule has 3 rings (SSSR count). The van der Waals surface area contributed by atoms with Gasteiger partial charge < -0.3 is 31.8 Å². The molecule has 9 nitrogen and oxygen atoms in total. The first-order chi connectivity index (χ1) is 16.1. The first-order valence-electron chi connectivity index (χ1n) is 10.2. The van der Waals surface area contributed by atoms with E-state index in [1.165, 1.54) is 24.3 Å². The van der Waals surface area contributed by atoms with E-state index in [1.54, 1.807) is 0 Å². The lowest BCUT2D eigenvalue weighted by Crippen LogP contribution is -2.44. The van der Waals surface area contributed by atoms with E-state index < -0.39 is 23.2 Å². The Labute approximate surface area is 193 Å². The van der Waals surface area contributed by atoms with Gasteiger partial charge in [-0.15, -0.1) is 0 Å². The van der Waals surface area contributed by atoms with Crippen LogP contribution in [-0.2, 0) is 10.9 Å². The lowest BCUT2D eigenvalue weighted by Gasteiger charge is -2.35. The van der Waals surface area contributed by atoms with Crippen molar-refractivity contribution in [3.05, 3.63) is 53.2 Å². The highest BCUT2D eigenvalue weighted by Crippen LogP contribution is 2.39. The van der Waals surface area contributed by atoms with Crippen molar-refractivity contribution < 1.29 is 22.7 Å². The predicted molar refractivity (Wildman–Crippen MR) is 123 cm³/mol. The number of anilines is 2. The molecule has 0 bridgehead atoms. The first-order valence-corrected chi connectivity index (χ1v) is 10.2. The van der Waals surface area contributed by atoms with E-state index in [2.05, 4.69) is 10.3 Å². The molecule has 0 saturated carbocycles. The van der Waals surface area contributed by atoms with Gasteiger partial charge in [0.1, 0.15) is 17.5 Å². The van der Waals surface area contributed by atoms with Crippen molar-refractivity contribution in [2.24, 2.45) is 11.5 Å². The number of nitrogens with one attached hydrogen (secondary N) is 3. The van der Waals surface area contributed by atoms with E-state index in [4.69, 9.17) is 27.0 Å². The van der Waals surface area contributed by atoms with Crippen LogP contribution in [0.2, 0.25) is 0 Å². The highest BCUT2D eigenvalue weighted by molar-refractivity contribution is 6.08. The smallest absolute Gasteiger partial charge is 0.404 e. The van der Waals surface area contributed by atoms with Crippen molar-refractivity contribution in [2.75, 3.05) is 30.0 Å². The molecule has 1 aromatic carbocycles. The van der Waals surface area contributed by atoms with E-state index in [-0.39, 0.29) is 34.4 Å². The van der Waals surface area contributed by atoms with Crippen LogP contribution in [0.4, 0.5) is 24.8 Å². The summed E-state index contributed by atoms with van der Waals surface area (Å²) in [7, 11) is 0. The molecular formula is C22H24F3N7O2. The fraction of sp³-hybridized carbons (Fsp3) is 0.273. The Bertz CT molecular complexity index is 1150. The van der Waals surface area contributed by atoms with E-state index in [9.17, 15) is 18.0 Å². The van der Waals surface area contributed by atoms with Crippen LogP contribution in [0.15, 0.2) is 36.5 Å². The van der Waals surface area contributed by atoms with Crippen LogP contribution in [0.3, 0.4) is 0 Å². The molecule has 12 heteroatoms. The zero-order valence-corrected chi connectivity index (χ0v) is 18.2. The number of amidine groups is 1. The van der Waals surface area contributed by atoms with Gasteiger partial charge in [-0.1, -0.05) is 12.1 Å². The van der Waals surface area contributed by atoms with Crippen LogP contribution < -0.4 is 21.7 Å². The highest BCUT2D eigenvalue weighted by atomic mass is 19.4. The standard InChI is InChI=1S/C22H24F3N7O2/c1-12-11-34-8-7-32(12)18-9-14(15(10-27)21(31-18)30-17(28)5-6-26)13-3-2-4-16(22(23,24)25)19(13)20(29)33/h2-6,9-10,12,27H,7-8,11,26H2,1H3,(H2,29,33)(H2,28,30,31)/b6-5-,27-10?/t12-/m1/s1. The molecule has 2 aromatic rings. The maximum atomic E-state index is 13.7. The topological polar surface area (TPSA) is 154 Å². The van der Waals surface area contributed by atoms with Gasteiger partial charge in [0.25, 0.3) is 0 Å². The molecule has 1 saturated heterocycles. The van der Waals surface area contributed by atoms with Crippen LogP contribution >= 0.6 is 0 Å². The summed E-state index contributed by atoms with van der Waals surface area (Å²) in [4.78, 5) is 18.6. The molecule has 2 heterocycles. The van der Waals surface area contributed by atoms with Gasteiger partial charge in [-0.3, -0.25) is 10.2 Å². The molecule has 1 aromatic heterocycles. The number of hydrogen-bond donors (Lipinski definition) is 5. The number of aromatic nitrogens is 1. The van der Waals surface area contributed by atoms with Gasteiger partial charge in [0.15, 0.2) is 0 Å². The zero-order chi connectivity index (χ0) is 25.0. The number of carbonyl (C=O) groups excluding carboxylic acids is 1. The van der Waals surface area contributed by atoms with Gasteiger partial charge in [0.2, 0.25) is 5.91 Å². The van der Waals surface area contributed by atoms with Gasteiger partial charge in [-0.05, 0) is 42.5 Å². The summed E-state index contributed by atoms with van der Waals surface area (Å²) < 4.78 is 46.6. The minimum absolute atomic E-state index is 0.0390. The van der Waals surface area contributed by atoms with Crippen LogP contribution in [0.25, 0.3) is 11.1 Å². The molecule has 7 N–H and O–H groups in total. The number of hydrogen-bond acceptors (Lipinski definition) is 7. The molecule has 1 amide bonds. The van der Waals surface area contributed by atoms with Crippen LogP contribution in [-0.4, -0.2) is 48.7 Å². The Hall–Kier alpha value is -3.93. The summed E-state index contributed by atoms with van der Waals surface area (Å²) in [5, 5.41) is 18.7. The third-order valence-corrected chi connectivity index (χ3v) is 5.27. The van der Waals surface area contributed by atoms with Crippen LogP contribution in [0.5, 0.6) is 0 Å². The van der Waals surface area contributed by atoms with Crippen molar-refractivity contribution in [3.63, 3.8) is 0 Å². The lowest BCUT2D eigenvalue weighted by molar-refractivity contribution is -0.137. The fourth-order valence-corrected chi connectivity index (χ4v) is 3.76. The van der Waals surface area contributed by atoms with Crippen LogP contribution in [0.1, 0.15) is 28.4 Å². The Morgan fingerprint density at radius 2 is 2.09 bits per heavy atom. The second-order valence-corrected chi connectivity index (χ2v) is 7.54. The number of carbonyl (C=O) groups is 1. The van der Waals surface area contributed by atoms with E-state index in [1.807, 2.05) is 11.8 Å². The number of halogens is 3. The van der Waals surface area contributed by atoms with Crippen molar-refractivity contribution in [1.29, 1.82) is 10.8 Å².